The van der Waals surface area contributed by atoms with E-state index in [9.17, 15) is 0 Å². The Kier molecular flexibility index (Phi) is 5.13. The van der Waals surface area contributed by atoms with E-state index >= 15 is 0 Å². The maximum Gasteiger partial charge on any atom is 0.138 e. The fourth-order valence-electron chi connectivity index (χ4n) is 1.96. The number of pyridine rings is 1. The van der Waals surface area contributed by atoms with Crippen LogP contribution in [-0.2, 0) is 13.0 Å². The van der Waals surface area contributed by atoms with Gasteiger partial charge in [0, 0.05) is 12.1 Å². The zero-order valence-corrected chi connectivity index (χ0v) is 12.2. The molecule has 1 heterocycles. The van der Waals surface area contributed by atoms with E-state index in [1.165, 1.54) is 11.1 Å². The zero-order chi connectivity index (χ0) is 14.4. The molecule has 20 heavy (non-hydrogen) atoms. The first-order valence-electron chi connectivity index (χ1n) is 7.05. The smallest absolute Gasteiger partial charge is 0.138 e. The topological polar surface area (TPSA) is 48.1 Å². The van der Waals surface area contributed by atoms with Gasteiger partial charge in [0.1, 0.15) is 12.4 Å². The highest BCUT2D eigenvalue weighted by Gasteiger charge is 2.01. The van der Waals surface area contributed by atoms with Crippen LogP contribution in [0.1, 0.15) is 36.6 Å². The van der Waals surface area contributed by atoms with Gasteiger partial charge in [-0.05, 0) is 35.7 Å². The summed E-state index contributed by atoms with van der Waals surface area (Å²) in [6.07, 6.45) is 2.56. The predicted octanol–water partition coefficient (Wildman–Crippen LogP) is 3.29. The van der Waals surface area contributed by atoms with Gasteiger partial charge < -0.3 is 10.5 Å². The van der Waals surface area contributed by atoms with Crippen LogP contribution in [0.4, 0.5) is 0 Å². The summed E-state index contributed by atoms with van der Waals surface area (Å²) in [5.41, 5.74) is 9.01. The first-order valence-corrected chi connectivity index (χ1v) is 7.05. The van der Waals surface area contributed by atoms with Gasteiger partial charge in [-0.25, -0.2) is 0 Å². The molecule has 0 aliphatic heterocycles. The van der Waals surface area contributed by atoms with Crippen molar-refractivity contribution in [3.63, 3.8) is 0 Å². The SMILES string of the molecule is CC(C)c1ccc(COc2ccc(CCN)nc2)cc1. The van der Waals surface area contributed by atoms with Crippen molar-refractivity contribution in [2.45, 2.75) is 32.8 Å². The monoisotopic (exact) mass is 270 g/mol. The molecule has 0 aliphatic rings. The van der Waals surface area contributed by atoms with Crippen molar-refractivity contribution in [1.29, 1.82) is 0 Å². The summed E-state index contributed by atoms with van der Waals surface area (Å²) in [6.45, 7) is 5.58. The minimum absolute atomic E-state index is 0.559. The van der Waals surface area contributed by atoms with Crippen molar-refractivity contribution < 1.29 is 4.74 Å². The van der Waals surface area contributed by atoms with Gasteiger partial charge in [0.2, 0.25) is 0 Å². The lowest BCUT2D eigenvalue weighted by molar-refractivity contribution is 0.305. The third-order valence-corrected chi connectivity index (χ3v) is 3.25. The normalized spacial score (nSPS) is 10.8. The highest BCUT2D eigenvalue weighted by atomic mass is 16.5. The van der Waals surface area contributed by atoms with E-state index in [0.717, 1.165) is 17.9 Å². The Bertz CT molecular complexity index is 518. The van der Waals surface area contributed by atoms with Gasteiger partial charge in [-0.15, -0.1) is 0 Å². The second-order valence-electron chi connectivity index (χ2n) is 5.21. The fraction of sp³-hybridized carbons (Fsp3) is 0.353. The summed E-state index contributed by atoms with van der Waals surface area (Å²) in [5.74, 6) is 1.35. The molecule has 0 amide bonds. The van der Waals surface area contributed by atoms with E-state index in [0.29, 0.717) is 19.1 Å². The number of nitrogens with zero attached hydrogens (tertiary/aromatic N) is 1. The van der Waals surface area contributed by atoms with E-state index in [2.05, 4.69) is 43.1 Å². The minimum atomic E-state index is 0.559. The molecule has 0 spiro atoms. The molecule has 0 unspecified atom stereocenters. The summed E-state index contributed by atoms with van der Waals surface area (Å²) >= 11 is 0. The van der Waals surface area contributed by atoms with Gasteiger partial charge >= 0.3 is 0 Å². The third kappa shape index (κ3) is 4.07. The zero-order valence-electron chi connectivity index (χ0n) is 12.2. The highest BCUT2D eigenvalue weighted by molar-refractivity contribution is 5.25. The van der Waals surface area contributed by atoms with E-state index < -0.39 is 0 Å². The third-order valence-electron chi connectivity index (χ3n) is 3.25. The van der Waals surface area contributed by atoms with Crippen LogP contribution in [0.15, 0.2) is 42.6 Å². The predicted molar refractivity (Wildman–Crippen MR) is 81.9 cm³/mol. The molecule has 1 aromatic heterocycles. The van der Waals surface area contributed by atoms with Crippen LogP contribution in [0, 0.1) is 0 Å². The van der Waals surface area contributed by atoms with Gasteiger partial charge in [-0.3, -0.25) is 4.98 Å². The minimum Gasteiger partial charge on any atom is -0.487 e. The van der Waals surface area contributed by atoms with Gasteiger partial charge in [0.25, 0.3) is 0 Å². The van der Waals surface area contributed by atoms with E-state index in [-0.39, 0.29) is 0 Å². The number of nitrogens with two attached hydrogens (primary N) is 1. The average Bonchev–Trinajstić information content (AvgIpc) is 2.47. The molecule has 2 aromatic rings. The number of hydrogen-bond acceptors (Lipinski definition) is 3. The first-order chi connectivity index (χ1) is 9.69. The number of rotatable bonds is 6. The maximum absolute atomic E-state index is 5.73. The molecular formula is C17H22N2O. The van der Waals surface area contributed by atoms with E-state index in [4.69, 9.17) is 10.5 Å². The quantitative estimate of drug-likeness (QED) is 0.876. The van der Waals surface area contributed by atoms with Crippen LogP contribution in [-0.4, -0.2) is 11.5 Å². The Morgan fingerprint density at radius 3 is 2.40 bits per heavy atom. The second-order valence-corrected chi connectivity index (χ2v) is 5.21. The number of hydrogen-bond donors (Lipinski definition) is 1. The second kappa shape index (κ2) is 7.06. The summed E-state index contributed by atoms with van der Waals surface area (Å²) in [5, 5.41) is 0. The van der Waals surface area contributed by atoms with Crippen molar-refractivity contribution in [2.24, 2.45) is 5.73 Å². The Labute approximate surface area is 120 Å². The highest BCUT2D eigenvalue weighted by Crippen LogP contribution is 2.16. The number of aromatic nitrogens is 1. The molecule has 0 aliphatic carbocycles. The van der Waals surface area contributed by atoms with E-state index in [1.807, 2.05) is 12.1 Å². The summed E-state index contributed by atoms with van der Waals surface area (Å²) in [7, 11) is 0. The van der Waals surface area contributed by atoms with Crippen molar-refractivity contribution in [2.75, 3.05) is 6.54 Å². The number of ether oxygens (including phenoxy) is 1. The van der Waals surface area contributed by atoms with Crippen LogP contribution in [0.2, 0.25) is 0 Å². The lowest BCUT2D eigenvalue weighted by Crippen LogP contribution is -2.04. The molecule has 106 valence electrons. The molecule has 0 fully saturated rings. The summed E-state index contributed by atoms with van der Waals surface area (Å²) in [6, 6.07) is 12.5. The Hall–Kier alpha value is -1.87. The van der Waals surface area contributed by atoms with Crippen molar-refractivity contribution >= 4 is 0 Å². The number of benzene rings is 1. The molecule has 2 rings (SSSR count). The standard InChI is InChI=1S/C17H22N2O/c1-13(2)15-5-3-14(4-6-15)12-20-17-8-7-16(9-10-18)19-11-17/h3-8,11,13H,9-10,12,18H2,1-2H3. The molecule has 0 bridgehead atoms. The van der Waals surface area contributed by atoms with Gasteiger partial charge in [0.05, 0.1) is 6.20 Å². The lowest BCUT2D eigenvalue weighted by atomic mass is 10.0. The fourth-order valence-corrected chi connectivity index (χ4v) is 1.96. The molecule has 3 nitrogen and oxygen atoms in total. The maximum atomic E-state index is 5.73. The van der Waals surface area contributed by atoms with Gasteiger partial charge in [-0.1, -0.05) is 38.1 Å². The molecule has 0 atom stereocenters. The van der Waals surface area contributed by atoms with Crippen molar-refractivity contribution in [1.82, 2.24) is 4.98 Å². The van der Waals surface area contributed by atoms with Crippen LogP contribution in [0.5, 0.6) is 5.75 Å². The molecule has 2 N–H and O–H groups in total. The van der Waals surface area contributed by atoms with Crippen LogP contribution in [0.25, 0.3) is 0 Å². The molecule has 0 saturated carbocycles. The van der Waals surface area contributed by atoms with Crippen LogP contribution >= 0.6 is 0 Å². The van der Waals surface area contributed by atoms with Gasteiger partial charge in [-0.2, -0.15) is 0 Å². The van der Waals surface area contributed by atoms with Gasteiger partial charge in [0.15, 0.2) is 0 Å². The molecule has 3 heteroatoms. The lowest BCUT2D eigenvalue weighted by Gasteiger charge is -2.09. The van der Waals surface area contributed by atoms with Crippen LogP contribution in [0.3, 0.4) is 0 Å². The Morgan fingerprint density at radius 2 is 1.85 bits per heavy atom. The van der Waals surface area contributed by atoms with E-state index in [1.54, 1.807) is 6.20 Å². The van der Waals surface area contributed by atoms with Crippen LogP contribution < -0.4 is 10.5 Å². The van der Waals surface area contributed by atoms with Crippen molar-refractivity contribution in [3.05, 3.63) is 59.4 Å². The summed E-state index contributed by atoms with van der Waals surface area (Å²) < 4.78 is 5.73. The summed E-state index contributed by atoms with van der Waals surface area (Å²) in [4.78, 5) is 4.31. The average molecular weight is 270 g/mol. The largest absolute Gasteiger partial charge is 0.487 e. The molecule has 0 radical (unpaired) electrons. The Morgan fingerprint density at radius 1 is 1.10 bits per heavy atom. The Balaban J connectivity index is 1.91. The molecule has 0 saturated heterocycles. The van der Waals surface area contributed by atoms with Crippen molar-refractivity contribution in [3.8, 4) is 5.75 Å². The first kappa shape index (κ1) is 14.5. The molecule has 1 aromatic carbocycles. The molecular weight excluding hydrogens is 248 g/mol.